The fourth-order valence-electron chi connectivity index (χ4n) is 2.66. The van der Waals surface area contributed by atoms with E-state index in [0.717, 1.165) is 30.7 Å². The number of nitrogens with zero attached hydrogens (tertiary/aromatic N) is 3. The largest absolute Gasteiger partial charge is 0.461 e. The Morgan fingerprint density at radius 2 is 1.91 bits per heavy atom. The van der Waals surface area contributed by atoms with E-state index in [1.807, 2.05) is 40.7 Å². The van der Waals surface area contributed by atoms with Crippen LogP contribution in [0.4, 0.5) is 4.79 Å². The van der Waals surface area contributed by atoms with Gasteiger partial charge in [-0.25, -0.2) is 14.8 Å². The molecular weight excluding hydrogens is 294 g/mol. The molecule has 1 aliphatic rings. The van der Waals surface area contributed by atoms with E-state index in [9.17, 15) is 4.79 Å². The van der Waals surface area contributed by atoms with Gasteiger partial charge in [0.05, 0.1) is 6.04 Å². The molecule has 1 aromatic rings. The average molecular weight is 321 g/mol. The van der Waals surface area contributed by atoms with Crippen molar-refractivity contribution in [3.63, 3.8) is 0 Å². The molecule has 0 radical (unpaired) electrons. The van der Waals surface area contributed by atoms with Crippen LogP contribution in [0.5, 0.6) is 6.01 Å². The number of amides is 1. The van der Waals surface area contributed by atoms with Gasteiger partial charge in [0.15, 0.2) is 0 Å². The molecule has 6 heteroatoms. The summed E-state index contributed by atoms with van der Waals surface area (Å²) in [6, 6.07) is 2.28. The van der Waals surface area contributed by atoms with Gasteiger partial charge >= 0.3 is 12.1 Å². The van der Waals surface area contributed by atoms with E-state index < -0.39 is 5.60 Å². The molecule has 0 saturated carbocycles. The highest BCUT2D eigenvalue weighted by Gasteiger charge is 2.31. The van der Waals surface area contributed by atoms with Gasteiger partial charge in [-0.15, -0.1) is 0 Å². The van der Waals surface area contributed by atoms with Crippen LogP contribution in [0.2, 0.25) is 0 Å². The Bertz CT molecular complexity index is 534. The second-order valence-electron chi connectivity index (χ2n) is 7.07. The fraction of sp³-hybridized carbons (Fsp3) is 0.706. The van der Waals surface area contributed by atoms with Gasteiger partial charge in [0.1, 0.15) is 12.2 Å². The quantitative estimate of drug-likeness (QED) is 0.855. The van der Waals surface area contributed by atoms with E-state index in [1.54, 1.807) is 4.90 Å². The van der Waals surface area contributed by atoms with Crippen LogP contribution in [-0.4, -0.2) is 45.8 Å². The van der Waals surface area contributed by atoms with Crippen LogP contribution in [-0.2, 0) is 4.74 Å². The maximum Gasteiger partial charge on any atom is 0.410 e. The molecule has 23 heavy (non-hydrogen) atoms. The number of aryl methyl sites for hydroxylation is 2. The van der Waals surface area contributed by atoms with Crippen LogP contribution < -0.4 is 4.74 Å². The van der Waals surface area contributed by atoms with Gasteiger partial charge in [0.25, 0.3) is 0 Å². The number of ether oxygens (including phenoxy) is 2. The summed E-state index contributed by atoms with van der Waals surface area (Å²) < 4.78 is 11.2. The molecule has 0 unspecified atom stereocenters. The second-order valence-corrected chi connectivity index (χ2v) is 7.07. The average Bonchev–Trinajstić information content (AvgIpc) is 2.42. The van der Waals surface area contributed by atoms with E-state index in [0.29, 0.717) is 19.2 Å². The minimum absolute atomic E-state index is 0.00279. The molecule has 1 amide bonds. The van der Waals surface area contributed by atoms with Gasteiger partial charge in [0, 0.05) is 17.9 Å². The summed E-state index contributed by atoms with van der Waals surface area (Å²) in [5, 5.41) is 0. The van der Waals surface area contributed by atoms with Crippen LogP contribution in [0.15, 0.2) is 6.07 Å². The van der Waals surface area contributed by atoms with Crippen molar-refractivity contribution < 1.29 is 14.3 Å². The van der Waals surface area contributed by atoms with Crippen molar-refractivity contribution in [2.75, 3.05) is 13.2 Å². The smallest absolute Gasteiger partial charge is 0.410 e. The number of aromatic nitrogens is 2. The van der Waals surface area contributed by atoms with Crippen molar-refractivity contribution in [1.82, 2.24) is 14.9 Å². The summed E-state index contributed by atoms with van der Waals surface area (Å²) >= 11 is 0. The number of hydrogen-bond acceptors (Lipinski definition) is 5. The summed E-state index contributed by atoms with van der Waals surface area (Å²) in [7, 11) is 0. The number of hydrogen-bond donors (Lipinski definition) is 0. The Kier molecular flexibility index (Phi) is 5.44. The van der Waals surface area contributed by atoms with E-state index in [4.69, 9.17) is 9.47 Å². The molecule has 1 aliphatic heterocycles. The minimum atomic E-state index is -0.489. The van der Waals surface area contributed by atoms with E-state index in [1.165, 1.54) is 0 Å². The highest BCUT2D eigenvalue weighted by Crippen LogP contribution is 2.21. The molecule has 0 aliphatic carbocycles. The molecule has 1 saturated heterocycles. The van der Waals surface area contributed by atoms with Crippen molar-refractivity contribution in [2.45, 2.75) is 65.5 Å². The van der Waals surface area contributed by atoms with Crippen molar-refractivity contribution >= 4 is 6.09 Å². The van der Waals surface area contributed by atoms with Crippen molar-refractivity contribution in [2.24, 2.45) is 0 Å². The van der Waals surface area contributed by atoms with Crippen molar-refractivity contribution in [1.29, 1.82) is 0 Å². The highest BCUT2D eigenvalue weighted by molar-refractivity contribution is 5.68. The van der Waals surface area contributed by atoms with Gasteiger partial charge in [-0.3, -0.25) is 0 Å². The number of carbonyl (C=O) groups excluding carboxylic acids is 1. The molecule has 1 atom stereocenters. The third-order valence-corrected chi connectivity index (χ3v) is 3.62. The highest BCUT2D eigenvalue weighted by atomic mass is 16.6. The van der Waals surface area contributed by atoms with Crippen LogP contribution in [0.25, 0.3) is 0 Å². The van der Waals surface area contributed by atoms with Gasteiger partial charge in [-0.05, 0) is 59.9 Å². The van der Waals surface area contributed by atoms with E-state index in [-0.39, 0.29) is 12.1 Å². The Morgan fingerprint density at radius 3 is 2.52 bits per heavy atom. The Morgan fingerprint density at radius 1 is 1.26 bits per heavy atom. The van der Waals surface area contributed by atoms with E-state index >= 15 is 0 Å². The molecular formula is C17H27N3O3. The molecule has 0 spiro atoms. The summed E-state index contributed by atoms with van der Waals surface area (Å²) in [5.74, 6) is 0. The van der Waals surface area contributed by atoms with Crippen LogP contribution in [0, 0.1) is 13.8 Å². The first-order valence-corrected chi connectivity index (χ1v) is 8.19. The van der Waals surface area contributed by atoms with E-state index in [2.05, 4.69) is 9.97 Å². The third-order valence-electron chi connectivity index (χ3n) is 3.62. The second kappa shape index (κ2) is 7.15. The first-order chi connectivity index (χ1) is 10.7. The lowest BCUT2D eigenvalue weighted by Crippen LogP contribution is -2.48. The predicted molar refractivity (Wildman–Crippen MR) is 87.6 cm³/mol. The molecule has 1 fully saturated rings. The lowest BCUT2D eigenvalue weighted by molar-refractivity contribution is 0.00303. The van der Waals surface area contributed by atoms with Gasteiger partial charge in [-0.1, -0.05) is 0 Å². The molecule has 0 N–H and O–H groups in total. The first kappa shape index (κ1) is 17.5. The Balaban J connectivity index is 1.99. The summed E-state index contributed by atoms with van der Waals surface area (Å²) in [4.78, 5) is 22.7. The van der Waals surface area contributed by atoms with Gasteiger partial charge in [0.2, 0.25) is 0 Å². The van der Waals surface area contributed by atoms with Crippen LogP contribution >= 0.6 is 0 Å². The molecule has 2 heterocycles. The number of rotatable bonds is 3. The summed E-state index contributed by atoms with van der Waals surface area (Å²) in [6.07, 6.45) is 2.72. The SMILES string of the molecule is Cc1cc(C)nc(OC[C@H]2CCCCN2C(=O)OC(C)(C)C)n1. The maximum atomic E-state index is 12.4. The molecule has 128 valence electrons. The predicted octanol–water partition coefficient (Wildman–Crippen LogP) is 3.26. The zero-order valence-corrected chi connectivity index (χ0v) is 14.8. The van der Waals surface area contributed by atoms with Gasteiger partial charge < -0.3 is 14.4 Å². The standard InChI is InChI=1S/C17H27N3O3/c1-12-10-13(2)19-15(18-12)22-11-14-8-6-7-9-20(14)16(21)23-17(3,4)5/h10,14H,6-9,11H2,1-5H3/t14-/m1/s1. The Hall–Kier alpha value is -1.85. The lowest BCUT2D eigenvalue weighted by Gasteiger charge is -2.36. The normalized spacial score (nSPS) is 18.7. The summed E-state index contributed by atoms with van der Waals surface area (Å²) in [5.41, 5.74) is 1.26. The van der Waals surface area contributed by atoms with Crippen LogP contribution in [0.3, 0.4) is 0 Å². The zero-order chi connectivity index (χ0) is 17.0. The monoisotopic (exact) mass is 321 g/mol. The molecule has 6 nitrogen and oxygen atoms in total. The number of piperidine rings is 1. The molecule has 2 rings (SSSR count). The van der Waals surface area contributed by atoms with Gasteiger partial charge in [-0.2, -0.15) is 0 Å². The fourth-order valence-corrected chi connectivity index (χ4v) is 2.66. The minimum Gasteiger partial charge on any atom is -0.461 e. The zero-order valence-electron chi connectivity index (χ0n) is 14.8. The number of carbonyl (C=O) groups is 1. The molecule has 0 aromatic carbocycles. The molecule has 1 aromatic heterocycles. The number of likely N-dealkylation sites (tertiary alicyclic amines) is 1. The van der Waals surface area contributed by atoms with Crippen LogP contribution in [0.1, 0.15) is 51.4 Å². The lowest BCUT2D eigenvalue weighted by atomic mass is 10.0. The Labute approximate surface area is 138 Å². The third kappa shape index (κ3) is 5.37. The maximum absolute atomic E-state index is 12.4. The molecule has 0 bridgehead atoms. The van der Waals surface area contributed by atoms with Crippen molar-refractivity contribution in [3.8, 4) is 6.01 Å². The first-order valence-electron chi connectivity index (χ1n) is 8.19. The summed E-state index contributed by atoms with van der Waals surface area (Å²) in [6.45, 7) is 10.6. The topological polar surface area (TPSA) is 64.5 Å². The van der Waals surface area contributed by atoms with Crippen molar-refractivity contribution in [3.05, 3.63) is 17.5 Å².